The zero-order valence-corrected chi connectivity index (χ0v) is 18.9. The lowest BCUT2D eigenvalue weighted by Crippen LogP contribution is -2.48. The van der Waals surface area contributed by atoms with Crippen molar-refractivity contribution in [3.05, 3.63) is 64.2 Å². The van der Waals surface area contributed by atoms with Crippen molar-refractivity contribution in [1.82, 2.24) is 0 Å². The van der Waals surface area contributed by atoms with Crippen LogP contribution in [-0.2, 0) is 11.2 Å². The van der Waals surface area contributed by atoms with Crippen molar-refractivity contribution >= 4 is 11.6 Å². The summed E-state index contributed by atoms with van der Waals surface area (Å²) >= 11 is 6.47. The van der Waals surface area contributed by atoms with Crippen molar-refractivity contribution in [3.63, 3.8) is 0 Å². The minimum absolute atomic E-state index is 0.271. The van der Waals surface area contributed by atoms with E-state index in [0.29, 0.717) is 23.0 Å². The molecule has 5 rings (SSSR count). The maximum absolute atomic E-state index is 10.1. The maximum Gasteiger partial charge on any atom is 0.119 e. The third-order valence-electron chi connectivity index (χ3n) is 7.55. The molecule has 1 unspecified atom stereocenters. The molecule has 2 aromatic rings. The van der Waals surface area contributed by atoms with Gasteiger partial charge in [-0.2, -0.15) is 0 Å². The monoisotopic (exact) mass is 458 g/mol. The Morgan fingerprint density at radius 1 is 1.06 bits per heavy atom. The van der Waals surface area contributed by atoms with Gasteiger partial charge in [0.25, 0.3) is 0 Å². The number of aliphatic hydroxyl groups is 3. The molecule has 2 aliphatic carbocycles. The molecule has 5 nitrogen and oxygen atoms in total. The Morgan fingerprint density at radius 2 is 1.81 bits per heavy atom. The van der Waals surface area contributed by atoms with Gasteiger partial charge in [-0.1, -0.05) is 42.3 Å². The Balaban J connectivity index is 1.23. The van der Waals surface area contributed by atoms with Gasteiger partial charge in [-0.3, -0.25) is 0 Å². The van der Waals surface area contributed by atoms with Crippen LogP contribution in [0.2, 0.25) is 5.02 Å². The first-order valence-corrected chi connectivity index (χ1v) is 12.0. The molecule has 1 heterocycles. The van der Waals surface area contributed by atoms with Crippen LogP contribution in [0.4, 0.5) is 0 Å². The van der Waals surface area contributed by atoms with E-state index in [1.165, 1.54) is 32.1 Å². The van der Waals surface area contributed by atoms with Gasteiger partial charge in [-0.05, 0) is 72.4 Å². The van der Waals surface area contributed by atoms with E-state index in [9.17, 15) is 15.3 Å². The van der Waals surface area contributed by atoms with Gasteiger partial charge in [0, 0.05) is 11.4 Å². The van der Waals surface area contributed by atoms with Crippen LogP contribution in [0.3, 0.4) is 0 Å². The smallest absolute Gasteiger partial charge is 0.119 e. The second-order valence-corrected chi connectivity index (χ2v) is 10.2. The molecule has 1 aliphatic heterocycles. The Morgan fingerprint density at radius 3 is 2.47 bits per heavy atom. The number of hydrogen-bond donors (Lipinski definition) is 3. The van der Waals surface area contributed by atoms with Gasteiger partial charge in [-0.25, -0.2) is 0 Å². The molecule has 2 saturated carbocycles. The molecule has 0 bridgehead atoms. The molecule has 3 fully saturated rings. The van der Waals surface area contributed by atoms with Crippen molar-refractivity contribution in [2.24, 2.45) is 5.41 Å². The lowest BCUT2D eigenvalue weighted by Gasteiger charge is -2.53. The number of aliphatic hydroxyl groups excluding tert-OH is 3. The van der Waals surface area contributed by atoms with Crippen LogP contribution in [0, 0.1) is 5.41 Å². The van der Waals surface area contributed by atoms with Crippen LogP contribution in [0.15, 0.2) is 42.5 Å². The lowest BCUT2D eigenvalue weighted by molar-refractivity contribution is -0.181. The van der Waals surface area contributed by atoms with Gasteiger partial charge in [0.15, 0.2) is 0 Å². The molecule has 2 aromatic carbocycles. The fourth-order valence-corrected chi connectivity index (χ4v) is 5.61. The van der Waals surface area contributed by atoms with Gasteiger partial charge in [0.1, 0.15) is 18.0 Å². The second-order valence-electron chi connectivity index (χ2n) is 9.81. The fraction of sp³-hybridized carbons (Fsp3) is 0.538. The van der Waals surface area contributed by atoms with Gasteiger partial charge < -0.3 is 24.8 Å². The van der Waals surface area contributed by atoms with Crippen LogP contribution in [0.25, 0.3) is 0 Å². The zero-order chi connectivity index (χ0) is 22.3. The second kappa shape index (κ2) is 8.96. The van der Waals surface area contributed by atoms with E-state index in [-0.39, 0.29) is 13.0 Å². The summed E-state index contributed by atoms with van der Waals surface area (Å²) in [5.74, 6) is 0.922. The summed E-state index contributed by atoms with van der Waals surface area (Å²) in [4.78, 5) is 0. The summed E-state index contributed by atoms with van der Waals surface area (Å²) in [6.45, 7) is -0.342. The van der Waals surface area contributed by atoms with Crippen LogP contribution >= 0.6 is 11.6 Å². The predicted octanol–water partition coefficient (Wildman–Crippen LogP) is 4.19. The molecule has 3 aliphatic rings. The Labute approximate surface area is 193 Å². The first-order chi connectivity index (χ1) is 15.4. The molecule has 6 heteroatoms. The average molecular weight is 459 g/mol. The van der Waals surface area contributed by atoms with Crippen molar-refractivity contribution < 1.29 is 24.8 Å². The van der Waals surface area contributed by atoms with Crippen LogP contribution < -0.4 is 4.74 Å². The molecule has 172 valence electrons. The molecule has 4 atom stereocenters. The highest BCUT2D eigenvalue weighted by atomic mass is 35.5. The van der Waals surface area contributed by atoms with E-state index in [0.717, 1.165) is 22.4 Å². The topological polar surface area (TPSA) is 79.2 Å². The standard InChI is InChI=1S/C26H31ClO5/c27-21-7-4-17(23-12-22(29)25(30)24(15-28)32-23)11-18(21)10-16-2-5-19(6-3-16)31-20-13-26(14-20)8-1-9-26/h2-7,11,20,22-25,28-30H,1,8-10,12-15H2/t22-,23?,24-,25+/m1/s1. The molecular weight excluding hydrogens is 428 g/mol. The minimum atomic E-state index is -1.08. The van der Waals surface area contributed by atoms with E-state index >= 15 is 0 Å². The van der Waals surface area contributed by atoms with Crippen molar-refractivity contribution in [2.45, 2.75) is 75.5 Å². The molecule has 32 heavy (non-hydrogen) atoms. The number of rotatable bonds is 6. The Kier molecular flexibility index (Phi) is 6.21. The minimum Gasteiger partial charge on any atom is -0.490 e. The third-order valence-corrected chi connectivity index (χ3v) is 7.92. The van der Waals surface area contributed by atoms with Crippen LogP contribution in [-0.4, -0.2) is 46.3 Å². The van der Waals surface area contributed by atoms with Crippen LogP contribution in [0.1, 0.15) is 61.3 Å². The SMILES string of the molecule is OC[C@H]1OC(c2ccc(Cl)c(Cc3ccc(OC4CC5(CCC5)C4)cc3)c2)C[C@@H](O)[C@@H]1O. The van der Waals surface area contributed by atoms with Crippen molar-refractivity contribution in [1.29, 1.82) is 0 Å². The Hall–Kier alpha value is -1.63. The summed E-state index contributed by atoms with van der Waals surface area (Å²) in [6.07, 6.45) is 4.59. The summed E-state index contributed by atoms with van der Waals surface area (Å²) in [5, 5.41) is 30.2. The lowest BCUT2D eigenvalue weighted by atomic mass is 9.55. The molecule has 1 saturated heterocycles. The quantitative estimate of drug-likeness (QED) is 0.605. The summed E-state index contributed by atoms with van der Waals surface area (Å²) in [6, 6.07) is 13.9. The van der Waals surface area contributed by atoms with Crippen molar-refractivity contribution in [3.8, 4) is 5.75 Å². The Bertz CT molecular complexity index is 934. The number of benzene rings is 2. The van der Waals surface area contributed by atoms with E-state index < -0.39 is 24.4 Å². The summed E-state index contributed by atoms with van der Waals surface area (Å²) in [5.41, 5.74) is 3.59. The van der Waals surface area contributed by atoms with E-state index in [1.54, 1.807) is 0 Å². The maximum atomic E-state index is 10.1. The highest BCUT2D eigenvalue weighted by molar-refractivity contribution is 6.31. The summed E-state index contributed by atoms with van der Waals surface area (Å²) in [7, 11) is 0. The molecule has 1 spiro atoms. The number of halogens is 1. The normalized spacial score (nSPS) is 29.4. The van der Waals surface area contributed by atoms with Gasteiger partial charge in [0.2, 0.25) is 0 Å². The molecule has 0 amide bonds. The summed E-state index contributed by atoms with van der Waals surface area (Å²) < 4.78 is 12.0. The van der Waals surface area contributed by atoms with E-state index in [2.05, 4.69) is 12.1 Å². The molecule has 3 N–H and O–H groups in total. The van der Waals surface area contributed by atoms with Crippen molar-refractivity contribution in [2.75, 3.05) is 6.61 Å². The fourth-order valence-electron chi connectivity index (χ4n) is 5.42. The van der Waals surface area contributed by atoms with E-state index in [4.69, 9.17) is 21.1 Å². The first-order valence-electron chi connectivity index (χ1n) is 11.6. The van der Waals surface area contributed by atoms with Gasteiger partial charge in [0.05, 0.1) is 24.9 Å². The molecule has 0 aromatic heterocycles. The zero-order valence-electron chi connectivity index (χ0n) is 18.1. The highest BCUT2D eigenvalue weighted by Crippen LogP contribution is 2.56. The first kappa shape index (κ1) is 22.2. The van der Waals surface area contributed by atoms with Crippen LogP contribution in [0.5, 0.6) is 5.75 Å². The third kappa shape index (κ3) is 4.42. The number of hydrogen-bond acceptors (Lipinski definition) is 5. The molecular formula is C26H31ClO5. The number of ether oxygens (including phenoxy) is 2. The van der Waals surface area contributed by atoms with Gasteiger partial charge >= 0.3 is 0 Å². The average Bonchev–Trinajstić information content (AvgIpc) is 2.73. The van der Waals surface area contributed by atoms with Gasteiger partial charge in [-0.15, -0.1) is 0 Å². The molecule has 0 radical (unpaired) electrons. The van der Waals surface area contributed by atoms with E-state index in [1.807, 2.05) is 30.3 Å². The predicted molar refractivity (Wildman–Crippen MR) is 122 cm³/mol. The highest BCUT2D eigenvalue weighted by Gasteiger charge is 2.49. The largest absolute Gasteiger partial charge is 0.490 e.